The van der Waals surface area contributed by atoms with Crippen molar-refractivity contribution in [1.29, 1.82) is 5.26 Å². The normalized spacial score (nSPS) is 13.2. The first kappa shape index (κ1) is 12.5. The topological polar surface area (TPSA) is 35.8 Å². The number of nitrogens with zero attached hydrogens (tertiary/aromatic N) is 1. The summed E-state index contributed by atoms with van der Waals surface area (Å²) >= 11 is 0. The summed E-state index contributed by atoms with van der Waals surface area (Å²) in [5, 5.41) is 11.3. The minimum atomic E-state index is -4.32. The van der Waals surface area contributed by atoms with Gasteiger partial charge in [0.2, 0.25) is 0 Å². The lowest BCUT2D eigenvalue weighted by molar-refractivity contribution is -0.137. The Morgan fingerprint density at radius 3 is 2.69 bits per heavy atom. The minimum Gasteiger partial charge on any atom is -0.298 e. The molecule has 0 aliphatic heterocycles. The minimum absolute atomic E-state index is 0.249. The largest absolute Gasteiger partial charge is 0.416 e. The molecule has 0 aliphatic carbocycles. The van der Waals surface area contributed by atoms with Crippen molar-refractivity contribution in [2.75, 3.05) is 0 Å². The number of nitrogens with one attached hydrogen (secondary N) is 1. The fourth-order valence-corrected chi connectivity index (χ4v) is 1.17. The Morgan fingerprint density at radius 1 is 1.44 bits per heavy atom. The van der Waals surface area contributed by atoms with Crippen LogP contribution in [0.4, 0.5) is 13.2 Å². The maximum absolute atomic E-state index is 12.4. The van der Waals surface area contributed by atoms with Crippen molar-refractivity contribution in [1.82, 2.24) is 5.32 Å². The second-order valence-electron chi connectivity index (χ2n) is 3.43. The molecule has 0 saturated heterocycles. The van der Waals surface area contributed by atoms with E-state index in [-0.39, 0.29) is 12.6 Å². The van der Waals surface area contributed by atoms with Gasteiger partial charge in [0.05, 0.1) is 17.7 Å². The molecule has 1 aromatic rings. The van der Waals surface area contributed by atoms with E-state index in [0.717, 1.165) is 12.1 Å². The van der Waals surface area contributed by atoms with E-state index in [0.29, 0.717) is 5.56 Å². The number of halogens is 3. The summed E-state index contributed by atoms with van der Waals surface area (Å²) in [6, 6.07) is 6.62. The molecule has 0 bridgehead atoms. The zero-order valence-corrected chi connectivity index (χ0v) is 8.67. The van der Waals surface area contributed by atoms with Gasteiger partial charge in [0.15, 0.2) is 0 Å². The second kappa shape index (κ2) is 4.99. The Kier molecular flexibility index (Phi) is 3.91. The standard InChI is InChI=1S/C11H11F3N2/c1-8(6-15)16-7-9-3-2-4-10(5-9)11(12,13)14/h2-5,8,16H,7H2,1H3/t8-/m0/s1. The number of hydrogen-bond donors (Lipinski definition) is 1. The van der Waals surface area contributed by atoms with Crippen LogP contribution in [-0.4, -0.2) is 6.04 Å². The van der Waals surface area contributed by atoms with Gasteiger partial charge >= 0.3 is 6.18 Å². The average Bonchev–Trinajstić information content (AvgIpc) is 2.25. The fraction of sp³-hybridized carbons (Fsp3) is 0.364. The van der Waals surface area contributed by atoms with Crippen molar-refractivity contribution in [2.45, 2.75) is 25.7 Å². The number of benzene rings is 1. The molecule has 86 valence electrons. The smallest absolute Gasteiger partial charge is 0.298 e. The summed E-state index contributed by atoms with van der Waals surface area (Å²) in [5.74, 6) is 0. The highest BCUT2D eigenvalue weighted by molar-refractivity contribution is 5.25. The first-order chi connectivity index (χ1) is 7.43. The summed E-state index contributed by atoms with van der Waals surface area (Å²) in [7, 11) is 0. The summed E-state index contributed by atoms with van der Waals surface area (Å²) in [5.41, 5.74) is -0.159. The predicted octanol–water partition coefficient (Wildman–Crippen LogP) is 2.71. The second-order valence-corrected chi connectivity index (χ2v) is 3.43. The monoisotopic (exact) mass is 228 g/mol. The first-order valence-electron chi connectivity index (χ1n) is 4.72. The quantitative estimate of drug-likeness (QED) is 0.863. The molecule has 0 aromatic heterocycles. The lowest BCUT2D eigenvalue weighted by Crippen LogP contribution is -2.23. The molecule has 5 heteroatoms. The van der Waals surface area contributed by atoms with E-state index in [9.17, 15) is 13.2 Å². The van der Waals surface area contributed by atoms with Gasteiger partial charge in [-0.05, 0) is 18.6 Å². The Bertz CT molecular complexity index is 393. The van der Waals surface area contributed by atoms with Gasteiger partial charge in [-0.1, -0.05) is 18.2 Å². The Hall–Kier alpha value is -1.54. The molecule has 0 saturated carbocycles. The molecule has 0 heterocycles. The third kappa shape index (κ3) is 3.55. The van der Waals surface area contributed by atoms with E-state index < -0.39 is 11.7 Å². The third-order valence-corrected chi connectivity index (χ3v) is 2.06. The molecule has 2 nitrogen and oxygen atoms in total. The molecule has 16 heavy (non-hydrogen) atoms. The van der Waals surface area contributed by atoms with Crippen LogP contribution in [0.5, 0.6) is 0 Å². The van der Waals surface area contributed by atoms with E-state index in [1.807, 2.05) is 6.07 Å². The molecule has 0 unspecified atom stereocenters. The maximum Gasteiger partial charge on any atom is 0.416 e. The highest BCUT2D eigenvalue weighted by Crippen LogP contribution is 2.29. The lowest BCUT2D eigenvalue weighted by Gasteiger charge is -2.10. The van der Waals surface area contributed by atoms with Crippen LogP contribution in [-0.2, 0) is 12.7 Å². The van der Waals surface area contributed by atoms with Gasteiger partial charge in [-0.3, -0.25) is 5.32 Å². The molecule has 0 aliphatic rings. The van der Waals surface area contributed by atoms with Crippen molar-refractivity contribution in [3.63, 3.8) is 0 Å². The van der Waals surface area contributed by atoms with Crippen molar-refractivity contribution >= 4 is 0 Å². The Morgan fingerprint density at radius 2 is 2.12 bits per heavy atom. The van der Waals surface area contributed by atoms with Gasteiger partial charge in [-0.25, -0.2) is 0 Å². The van der Waals surface area contributed by atoms with E-state index in [1.54, 1.807) is 13.0 Å². The van der Waals surface area contributed by atoms with E-state index in [4.69, 9.17) is 5.26 Å². The van der Waals surface area contributed by atoms with Crippen LogP contribution in [0.25, 0.3) is 0 Å². The van der Waals surface area contributed by atoms with Crippen LogP contribution in [0.15, 0.2) is 24.3 Å². The number of nitriles is 1. The average molecular weight is 228 g/mol. The van der Waals surface area contributed by atoms with Gasteiger partial charge < -0.3 is 0 Å². The number of alkyl halides is 3. The van der Waals surface area contributed by atoms with Gasteiger partial charge in [-0.2, -0.15) is 18.4 Å². The Labute approximate surface area is 91.7 Å². The van der Waals surface area contributed by atoms with Crippen LogP contribution in [0.2, 0.25) is 0 Å². The number of rotatable bonds is 3. The summed E-state index contributed by atoms with van der Waals surface area (Å²) in [6.45, 7) is 1.90. The van der Waals surface area contributed by atoms with Crippen molar-refractivity contribution < 1.29 is 13.2 Å². The van der Waals surface area contributed by atoms with Gasteiger partial charge in [0.1, 0.15) is 0 Å². The first-order valence-corrected chi connectivity index (χ1v) is 4.72. The zero-order valence-electron chi connectivity index (χ0n) is 8.67. The van der Waals surface area contributed by atoms with Crippen LogP contribution in [0.3, 0.4) is 0 Å². The van der Waals surface area contributed by atoms with Crippen molar-refractivity contribution in [3.8, 4) is 6.07 Å². The summed E-state index contributed by atoms with van der Waals surface area (Å²) in [4.78, 5) is 0. The maximum atomic E-state index is 12.4. The molecule has 1 rings (SSSR count). The molecule has 1 N–H and O–H groups in total. The van der Waals surface area contributed by atoms with Crippen LogP contribution in [0, 0.1) is 11.3 Å². The third-order valence-electron chi connectivity index (χ3n) is 2.06. The molecule has 0 amide bonds. The highest BCUT2D eigenvalue weighted by atomic mass is 19.4. The molecular formula is C11H11F3N2. The van der Waals surface area contributed by atoms with E-state index >= 15 is 0 Å². The highest BCUT2D eigenvalue weighted by Gasteiger charge is 2.30. The summed E-state index contributed by atoms with van der Waals surface area (Å²) in [6.07, 6.45) is -4.32. The van der Waals surface area contributed by atoms with Gasteiger partial charge in [-0.15, -0.1) is 0 Å². The molecule has 1 atom stereocenters. The molecule has 0 fully saturated rings. The lowest BCUT2D eigenvalue weighted by atomic mass is 10.1. The molecule has 1 aromatic carbocycles. The predicted molar refractivity (Wildman–Crippen MR) is 53.4 cm³/mol. The molecular weight excluding hydrogens is 217 g/mol. The van der Waals surface area contributed by atoms with E-state index in [2.05, 4.69) is 5.32 Å². The van der Waals surface area contributed by atoms with Gasteiger partial charge in [0, 0.05) is 6.54 Å². The van der Waals surface area contributed by atoms with Crippen molar-refractivity contribution in [2.24, 2.45) is 0 Å². The van der Waals surface area contributed by atoms with Crippen molar-refractivity contribution in [3.05, 3.63) is 35.4 Å². The van der Waals surface area contributed by atoms with E-state index in [1.165, 1.54) is 6.07 Å². The molecule has 0 radical (unpaired) electrons. The van der Waals surface area contributed by atoms with Gasteiger partial charge in [0.25, 0.3) is 0 Å². The summed E-state index contributed by atoms with van der Waals surface area (Å²) < 4.78 is 37.1. The van der Waals surface area contributed by atoms with Crippen LogP contribution >= 0.6 is 0 Å². The SMILES string of the molecule is C[C@@H](C#N)NCc1cccc(C(F)(F)F)c1. The Balaban J connectivity index is 2.73. The molecule has 0 spiro atoms. The zero-order chi connectivity index (χ0) is 12.2. The fourth-order valence-electron chi connectivity index (χ4n) is 1.17. The number of hydrogen-bond acceptors (Lipinski definition) is 2. The van der Waals surface area contributed by atoms with Crippen LogP contribution in [0.1, 0.15) is 18.1 Å². The van der Waals surface area contributed by atoms with Crippen LogP contribution < -0.4 is 5.32 Å².